The normalized spacial score (nSPS) is 11.3. The highest BCUT2D eigenvalue weighted by Gasteiger charge is 2.16. The molecule has 2 aromatic carbocycles. The summed E-state index contributed by atoms with van der Waals surface area (Å²) in [5, 5.41) is 0. The van der Waals surface area contributed by atoms with Crippen molar-refractivity contribution in [2.24, 2.45) is 0 Å². The van der Waals surface area contributed by atoms with E-state index in [0.29, 0.717) is 23.5 Å². The highest BCUT2D eigenvalue weighted by Crippen LogP contribution is 2.31. The maximum Gasteiger partial charge on any atom is 0.176 e. The summed E-state index contributed by atoms with van der Waals surface area (Å²) in [5.41, 5.74) is 1.19. The number of rotatable bonds is 4. The van der Waals surface area contributed by atoms with Crippen LogP contribution in [0.1, 0.15) is 6.92 Å². The number of halogens is 1. The SMILES string of the molecule is CCOc1ccc(-c2ccc(F)cc2)c(S(C)(=O)=O)c1. The van der Waals surface area contributed by atoms with Gasteiger partial charge in [0.2, 0.25) is 0 Å². The van der Waals surface area contributed by atoms with Crippen LogP contribution in [-0.2, 0) is 9.84 Å². The van der Waals surface area contributed by atoms with Gasteiger partial charge in [-0.3, -0.25) is 0 Å². The number of hydrogen-bond acceptors (Lipinski definition) is 3. The standard InChI is InChI=1S/C15H15FO3S/c1-3-19-13-8-9-14(15(10-13)20(2,17)18)11-4-6-12(16)7-5-11/h4-10H,3H2,1-2H3. The van der Waals surface area contributed by atoms with E-state index in [2.05, 4.69) is 0 Å². The topological polar surface area (TPSA) is 43.4 Å². The first kappa shape index (κ1) is 14.5. The molecular formula is C15H15FO3S. The van der Waals surface area contributed by atoms with Crippen LogP contribution < -0.4 is 4.74 Å². The smallest absolute Gasteiger partial charge is 0.176 e. The third kappa shape index (κ3) is 3.17. The molecule has 0 spiro atoms. The zero-order valence-corrected chi connectivity index (χ0v) is 12.1. The predicted molar refractivity (Wildman–Crippen MR) is 76.1 cm³/mol. The average Bonchev–Trinajstić information content (AvgIpc) is 2.39. The summed E-state index contributed by atoms with van der Waals surface area (Å²) in [6.07, 6.45) is 1.14. The molecule has 0 bridgehead atoms. The van der Waals surface area contributed by atoms with Gasteiger partial charge in [-0.2, -0.15) is 0 Å². The van der Waals surface area contributed by atoms with E-state index >= 15 is 0 Å². The molecule has 0 saturated heterocycles. The first-order chi connectivity index (χ1) is 9.41. The first-order valence-corrected chi connectivity index (χ1v) is 8.04. The fraction of sp³-hybridized carbons (Fsp3) is 0.200. The molecule has 0 saturated carbocycles. The Balaban J connectivity index is 2.60. The van der Waals surface area contributed by atoms with Crippen LogP contribution in [0.2, 0.25) is 0 Å². The Kier molecular flexibility index (Phi) is 4.09. The molecule has 0 amide bonds. The molecule has 0 unspecified atom stereocenters. The lowest BCUT2D eigenvalue weighted by Gasteiger charge is -2.11. The van der Waals surface area contributed by atoms with Gasteiger partial charge in [-0.15, -0.1) is 0 Å². The maximum atomic E-state index is 13.0. The molecule has 20 heavy (non-hydrogen) atoms. The van der Waals surface area contributed by atoms with Crippen molar-refractivity contribution in [3.8, 4) is 16.9 Å². The Morgan fingerprint density at radius 3 is 2.30 bits per heavy atom. The molecule has 3 nitrogen and oxygen atoms in total. The van der Waals surface area contributed by atoms with Crippen LogP contribution in [0, 0.1) is 5.82 Å². The third-order valence-corrected chi connectivity index (χ3v) is 3.96. The second-order valence-corrected chi connectivity index (χ2v) is 6.35. The van der Waals surface area contributed by atoms with Gasteiger partial charge in [0.25, 0.3) is 0 Å². The number of sulfone groups is 1. The molecule has 0 aliphatic rings. The molecule has 0 aliphatic heterocycles. The van der Waals surface area contributed by atoms with Crippen LogP contribution >= 0.6 is 0 Å². The van der Waals surface area contributed by atoms with Crippen molar-refractivity contribution in [2.45, 2.75) is 11.8 Å². The molecule has 0 aliphatic carbocycles. The van der Waals surface area contributed by atoms with Gasteiger partial charge in [0, 0.05) is 11.8 Å². The fourth-order valence-corrected chi connectivity index (χ4v) is 2.85. The van der Waals surface area contributed by atoms with E-state index in [9.17, 15) is 12.8 Å². The van der Waals surface area contributed by atoms with Crippen molar-refractivity contribution in [1.29, 1.82) is 0 Å². The monoisotopic (exact) mass is 294 g/mol. The third-order valence-electron chi connectivity index (χ3n) is 2.82. The van der Waals surface area contributed by atoms with E-state index in [1.165, 1.54) is 18.2 Å². The van der Waals surface area contributed by atoms with Crippen LogP contribution in [0.5, 0.6) is 5.75 Å². The largest absolute Gasteiger partial charge is 0.494 e. The van der Waals surface area contributed by atoms with Gasteiger partial charge in [0.15, 0.2) is 9.84 Å². The average molecular weight is 294 g/mol. The van der Waals surface area contributed by atoms with Gasteiger partial charge in [-0.25, -0.2) is 12.8 Å². The van der Waals surface area contributed by atoms with Crippen LogP contribution in [0.4, 0.5) is 4.39 Å². The van der Waals surface area contributed by atoms with Crippen molar-refractivity contribution >= 4 is 9.84 Å². The molecule has 0 heterocycles. The van der Waals surface area contributed by atoms with Gasteiger partial charge >= 0.3 is 0 Å². The summed E-state index contributed by atoms with van der Waals surface area (Å²) in [6.45, 7) is 2.28. The highest BCUT2D eigenvalue weighted by atomic mass is 32.2. The van der Waals surface area contributed by atoms with E-state index in [0.717, 1.165) is 6.26 Å². The molecule has 2 aromatic rings. The van der Waals surface area contributed by atoms with Gasteiger partial charge < -0.3 is 4.74 Å². The van der Waals surface area contributed by atoms with E-state index < -0.39 is 9.84 Å². The van der Waals surface area contributed by atoms with Gasteiger partial charge in [-0.05, 0) is 42.8 Å². The minimum Gasteiger partial charge on any atom is -0.494 e. The molecule has 2 rings (SSSR count). The zero-order valence-electron chi connectivity index (χ0n) is 11.3. The summed E-state index contributed by atoms with van der Waals surface area (Å²) in [4.78, 5) is 0.176. The van der Waals surface area contributed by atoms with E-state index in [-0.39, 0.29) is 10.7 Å². The lowest BCUT2D eigenvalue weighted by molar-refractivity contribution is 0.339. The molecule has 5 heteroatoms. The summed E-state index contributed by atoms with van der Waals surface area (Å²) >= 11 is 0. The van der Waals surface area contributed by atoms with Crippen LogP contribution in [0.15, 0.2) is 47.4 Å². The van der Waals surface area contributed by atoms with Crippen LogP contribution in [0.25, 0.3) is 11.1 Å². The van der Waals surface area contributed by atoms with Gasteiger partial charge in [-0.1, -0.05) is 12.1 Å². The second kappa shape index (κ2) is 5.63. The van der Waals surface area contributed by atoms with Crippen LogP contribution in [0.3, 0.4) is 0 Å². The minimum atomic E-state index is -3.41. The summed E-state index contributed by atoms with van der Waals surface area (Å²) < 4.78 is 42.1. The summed E-state index contributed by atoms with van der Waals surface area (Å²) in [5.74, 6) is 0.138. The quantitative estimate of drug-likeness (QED) is 0.869. The first-order valence-electron chi connectivity index (χ1n) is 6.14. The lowest BCUT2D eigenvalue weighted by Crippen LogP contribution is -2.01. The number of benzene rings is 2. The predicted octanol–water partition coefficient (Wildman–Crippen LogP) is 3.29. The van der Waals surface area contributed by atoms with E-state index in [1.54, 1.807) is 24.3 Å². The molecule has 0 atom stereocenters. The van der Waals surface area contributed by atoms with Crippen molar-refractivity contribution in [3.05, 3.63) is 48.3 Å². The molecule has 0 N–H and O–H groups in total. The maximum absolute atomic E-state index is 13.0. The summed E-state index contributed by atoms with van der Waals surface area (Å²) in [7, 11) is -3.41. The molecule has 106 valence electrons. The molecule has 0 aromatic heterocycles. The Labute approximate surface area is 117 Å². The van der Waals surface area contributed by atoms with E-state index in [1.807, 2.05) is 6.92 Å². The molecule has 0 radical (unpaired) electrons. The highest BCUT2D eigenvalue weighted by molar-refractivity contribution is 7.90. The Bertz CT molecular complexity index is 706. The van der Waals surface area contributed by atoms with Gasteiger partial charge in [0.05, 0.1) is 11.5 Å². The van der Waals surface area contributed by atoms with E-state index in [4.69, 9.17) is 4.74 Å². The fourth-order valence-electron chi connectivity index (χ4n) is 1.93. The Morgan fingerprint density at radius 1 is 1.10 bits per heavy atom. The lowest BCUT2D eigenvalue weighted by atomic mass is 10.1. The number of hydrogen-bond donors (Lipinski definition) is 0. The Hall–Kier alpha value is -1.88. The van der Waals surface area contributed by atoms with Crippen molar-refractivity contribution < 1.29 is 17.5 Å². The van der Waals surface area contributed by atoms with Crippen molar-refractivity contribution in [3.63, 3.8) is 0 Å². The Morgan fingerprint density at radius 2 is 1.75 bits per heavy atom. The molecule has 0 fully saturated rings. The van der Waals surface area contributed by atoms with Gasteiger partial charge in [0.1, 0.15) is 11.6 Å². The second-order valence-electron chi connectivity index (χ2n) is 4.37. The zero-order chi connectivity index (χ0) is 14.8. The van der Waals surface area contributed by atoms with Crippen molar-refractivity contribution in [2.75, 3.05) is 12.9 Å². The minimum absolute atomic E-state index is 0.176. The van der Waals surface area contributed by atoms with Crippen LogP contribution in [-0.4, -0.2) is 21.3 Å². The number of ether oxygens (including phenoxy) is 1. The summed E-state index contributed by atoms with van der Waals surface area (Å²) in [6, 6.07) is 10.6. The van der Waals surface area contributed by atoms with Crippen molar-refractivity contribution in [1.82, 2.24) is 0 Å². The molecular weight excluding hydrogens is 279 g/mol.